The summed E-state index contributed by atoms with van der Waals surface area (Å²) in [6.07, 6.45) is 2.94. The Morgan fingerprint density at radius 3 is 2.61 bits per heavy atom. The van der Waals surface area contributed by atoms with Gasteiger partial charge in [-0.15, -0.1) is 0 Å². The highest BCUT2D eigenvalue weighted by Gasteiger charge is 2.13. The van der Waals surface area contributed by atoms with Crippen LogP contribution in [-0.2, 0) is 11.4 Å². The maximum atomic E-state index is 13.7. The van der Waals surface area contributed by atoms with Crippen molar-refractivity contribution in [1.82, 2.24) is 0 Å². The molecule has 0 unspecified atom stereocenters. The number of para-hydroxylation sites is 1. The first kappa shape index (κ1) is 22.8. The number of anilines is 1. The summed E-state index contributed by atoms with van der Waals surface area (Å²) in [6.45, 7) is 2.59. The van der Waals surface area contributed by atoms with Gasteiger partial charge in [0, 0.05) is 16.7 Å². The minimum Gasteiger partial charge on any atom is -0.490 e. The first-order valence-electron chi connectivity index (χ1n) is 9.54. The Labute approximate surface area is 193 Å². The molecule has 7 heteroatoms. The number of halogens is 3. The number of hydrogen-bond acceptors (Lipinski definition) is 3. The normalized spacial score (nSPS) is 10.8. The zero-order chi connectivity index (χ0) is 22.2. The Hall–Kier alpha value is -2.83. The van der Waals surface area contributed by atoms with Gasteiger partial charge in [0.2, 0.25) is 5.91 Å². The summed E-state index contributed by atoms with van der Waals surface area (Å²) >= 11 is 9.71. The second-order valence-electron chi connectivity index (χ2n) is 6.45. The summed E-state index contributed by atoms with van der Waals surface area (Å²) < 4.78 is 26.0. The van der Waals surface area contributed by atoms with Crippen LogP contribution in [0.1, 0.15) is 18.1 Å². The van der Waals surface area contributed by atoms with E-state index in [1.54, 1.807) is 36.4 Å². The monoisotopic (exact) mass is 503 g/mol. The smallest absolute Gasteiger partial charge is 0.248 e. The van der Waals surface area contributed by atoms with Gasteiger partial charge in [0.1, 0.15) is 12.4 Å². The lowest BCUT2D eigenvalue weighted by Crippen LogP contribution is -2.09. The average molecular weight is 505 g/mol. The first-order chi connectivity index (χ1) is 15.0. The van der Waals surface area contributed by atoms with E-state index in [0.29, 0.717) is 33.2 Å². The van der Waals surface area contributed by atoms with Crippen LogP contribution in [0.4, 0.5) is 10.1 Å². The molecule has 3 rings (SSSR count). The number of carbonyl (C=O) groups is 1. The molecule has 160 valence electrons. The number of ether oxygens (including phenoxy) is 2. The van der Waals surface area contributed by atoms with Crippen LogP contribution in [0.5, 0.6) is 11.5 Å². The molecular weight excluding hydrogens is 485 g/mol. The van der Waals surface area contributed by atoms with Crippen molar-refractivity contribution in [3.8, 4) is 11.5 Å². The molecule has 3 aromatic carbocycles. The molecule has 31 heavy (non-hydrogen) atoms. The van der Waals surface area contributed by atoms with E-state index in [-0.39, 0.29) is 12.3 Å². The van der Waals surface area contributed by atoms with Crippen molar-refractivity contribution >= 4 is 45.2 Å². The van der Waals surface area contributed by atoms with E-state index in [0.717, 1.165) is 5.56 Å². The van der Waals surface area contributed by atoms with Crippen LogP contribution >= 0.6 is 27.5 Å². The molecule has 3 aromatic rings. The number of amides is 1. The van der Waals surface area contributed by atoms with E-state index in [4.69, 9.17) is 21.1 Å². The highest BCUT2D eigenvalue weighted by molar-refractivity contribution is 9.10. The molecule has 0 fully saturated rings. The second kappa shape index (κ2) is 11.0. The molecule has 0 saturated carbocycles. The van der Waals surface area contributed by atoms with Crippen molar-refractivity contribution in [2.24, 2.45) is 0 Å². The van der Waals surface area contributed by atoms with Crippen LogP contribution in [-0.4, -0.2) is 12.5 Å². The van der Waals surface area contributed by atoms with Crippen molar-refractivity contribution in [1.29, 1.82) is 0 Å². The third-order valence-corrected chi connectivity index (χ3v) is 5.18. The topological polar surface area (TPSA) is 47.6 Å². The van der Waals surface area contributed by atoms with Gasteiger partial charge in [0.15, 0.2) is 11.5 Å². The lowest BCUT2D eigenvalue weighted by Gasteiger charge is -2.15. The maximum absolute atomic E-state index is 13.7. The van der Waals surface area contributed by atoms with E-state index < -0.39 is 11.7 Å². The van der Waals surface area contributed by atoms with Gasteiger partial charge < -0.3 is 14.8 Å². The molecular formula is C24H20BrClFNO3. The summed E-state index contributed by atoms with van der Waals surface area (Å²) in [5.74, 6) is 0.122. The van der Waals surface area contributed by atoms with Gasteiger partial charge in [-0.3, -0.25) is 4.79 Å². The quantitative estimate of drug-likeness (QED) is 0.341. The molecule has 1 amide bonds. The zero-order valence-corrected chi connectivity index (χ0v) is 19.0. The highest BCUT2D eigenvalue weighted by atomic mass is 79.9. The average Bonchev–Trinajstić information content (AvgIpc) is 2.75. The Kier molecular flexibility index (Phi) is 8.09. The number of carbonyl (C=O) groups excluding carboxylic acids is 1. The predicted octanol–water partition coefficient (Wildman–Crippen LogP) is 6.87. The Bertz CT molecular complexity index is 1100. The molecule has 0 aliphatic carbocycles. The van der Waals surface area contributed by atoms with Crippen LogP contribution in [0, 0.1) is 5.82 Å². The summed E-state index contributed by atoms with van der Waals surface area (Å²) in [6, 6.07) is 17.0. The molecule has 4 nitrogen and oxygen atoms in total. The molecule has 0 spiro atoms. The van der Waals surface area contributed by atoms with Crippen LogP contribution in [0.25, 0.3) is 6.08 Å². The first-order valence-corrected chi connectivity index (χ1v) is 10.7. The number of hydrogen-bond donors (Lipinski definition) is 1. The molecule has 0 aliphatic rings. The van der Waals surface area contributed by atoms with Crippen molar-refractivity contribution < 1.29 is 18.7 Å². The predicted molar refractivity (Wildman–Crippen MR) is 125 cm³/mol. The molecule has 0 heterocycles. The zero-order valence-electron chi connectivity index (χ0n) is 16.7. The third-order valence-electron chi connectivity index (χ3n) is 4.22. The van der Waals surface area contributed by atoms with Gasteiger partial charge in [-0.2, -0.15) is 0 Å². The number of benzene rings is 3. The molecule has 0 radical (unpaired) electrons. The molecule has 0 aliphatic heterocycles. The Morgan fingerprint density at radius 1 is 1.13 bits per heavy atom. The summed E-state index contributed by atoms with van der Waals surface area (Å²) in [4.78, 5) is 12.1. The third kappa shape index (κ3) is 6.32. The van der Waals surface area contributed by atoms with Crippen LogP contribution in [0.15, 0.2) is 71.2 Å². The van der Waals surface area contributed by atoms with Gasteiger partial charge >= 0.3 is 0 Å². The minimum atomic E-state index is -0.495. The molecule has 1 N–H and O–H groups in total. The van der Waals surface area contributed by atoms with E-state index in [9.17, 15) is 9.18 Å². The van der Waals surface area contributed by atoms with Gasteiger partial charge in [-0.1, -0.05) is 41.9 Å². The van der Waals surface area contributed by atoms with Crippen LogP contribution in [0.2, 0.25) is 5.02 Å². The minimum absolute atomic E-state index is 0.122. The molecule has 0 bridgehead atoms. The van der Waals surface area contributed by atoms with Gasteiger partial charge in [0.05, 0.1) is 16.8 Å². The Morgan fingerprint density at radius 2 is 1.87 bits per heavy atom. The van der Waals surface area contributed by atoms with E-state index >= 15 is 0 Å². The van der Waals surface area contributed by atoms with E-state index in [2.05, 4.69) is 21.2 Å². The van der Waals surface area contributed by atoms with Gasteiger partial charge in [-0.05, 0) is 64.8 Å². The number of rotatable bonds is 8. The van der Waals surface area contributed by atoms with Crippen molar-refractivity contribution in [3.63, 3.8) is 0 Å². The number of nitrogens with one attached hydrogen (secondary N) is 1. The van der Waals surface area contributed by atoms with Crippen molar-refractivity contribution in [2.75, 3.05) is 11.9 Å². The standard InChI is InChI=1S/C24H20BrClFNO3/c1-2-30-22-14-16(11-12-23(29)28-21-10-6-5-9-20(21)27)13-18(25)24(22)31-15-17-7-3-4-8-19(17)26/h3-14H,2,15H2,1H3,(H,28,29)/b12-11+. The van der Waals surface area contributed by atoms with Crippen molar-refractivity contribution in [2.45, 2.75) is 13.5 Å². The summed E-state index contributed by atoms with van der Waals surface area (Å²) in [5.41, 5.74) is 1.69. The molecule has 0 aromatic heterocycles. The molecule has 0 saturated heterocycles. The van der Waals surface area contributed by atoms with Gasteiger partial charge in [-0.25, -0.2) is 4.39 Å². The highest BCUT2D eigenvalue weighted by Crippen LogP contribution is 2.38. The SMILES string of the molecule is CCOc1cc(/C=C/C(=O)Nc2ccccc2F)cc(Br)c1OCc1ccccc1Cl. The molecule has 0 atom stereocenters. The largest absolute Gasteiger partial charge is 0.490 e. The second-order valence-corrected chi connectivity index (χ2v) is 7.71. The fourth-order valence-corrected chi connectivity index (χ4v) is 3.53. The lowest BCUT2D eigenvalue weighted by molar-refractivity contribution is -0.111. The maximum Gasteiger partial charge on any atom is 0.248 e. The van der Waals surface area contributed by atoms with Gasteiger partial charge in [0.25, 0.3) is 0 Å². The fraction of sp³-hybridized carbons (Fsp3) is 0.125. The fourth-order valence-electron chi connectivity index (χ4n) is 2.76. The van der Waals surface area contributed by atoms with Crippen molar-refractivity contribution in [3.05, 3.63) is 93.2 Å². The van der Waals surface area contributed by atoms with E-state index in [1.165, 1.54) is 18.2 Å². The summed E-state index contributed by atoms with van der Waals surface area (Å²) in [7, 11) is 0. The van der Waals surface area contributed by atoms with E-state index in [1.807, 2.05) is 25.1 Å². The summed E-state index contributed by atoms with van der Waals surface area (Å²) in [5, 5.41) is 3.13. The lowest BCUT2D eigenvalue weighted by atomic mass is 10.1. The van der Waals surface area contributed by atoms with Crippen LogP contribution in [0.3, 0.4) is 0 Å². The Balaban J connectivity index is 1.76. The van der Waals surface area contributed by atoms with Crippen LogP contribution < -0.4 is 14.8 Å².